The predicted molar refractivity (Wildman–Crippen MR) is 139 cm³/mol. The first kappa shape index (κ1) is 23.4. The topological polar surface area (TPSA) is 85.1 Å². The Balaban J connectivity index is 1.49. The number of aryl methyl sites for hydroxylation is 3. The van der Waals surface area contributed by atoms with Crippen molar-refractivity contribution in [2.75, 3.05) is 6.54 Å². The van der Waals surface area contributed by atoms with E-state index in [1.54, 1.807) is 23.7 Å². The van der Waals surface area contributed by atoms with Crippen LogP contribution in [0.2, 0.25) is 5.02 Å². The molecule has 1 N–H and O–H groups in total. The molecule has 0 radical (unpaired) electrons. The van der Waals surface area contributed by atoms with Crippen LogP contribution in [0.4, 0.5) is 0 Å². The highest BCUT2D eigenvalue weighted by Crippen LogP contribution is 2.38. The summed E-state index contributed by atoms with van der Waals surface area (Å²) in [7, 11) is 0. The van der Waals surface area contributed by atoms with E-state index in [0.29, 0.717) is 24.4 Å². The standard InChI is InChI=1S/C26H25ClN6OS/c1-15-16(2)35-26-23(15)24(19-7-9-20(27)10-8-19)30-21(25-32-31-17(3)33(25)26)14-29-22(34)11-6-18-5-4-12-28-13-18/h4-5,7-10,12-13,21H,6,11,14H2,1-3H3,(H,29,34). The first-order valence-electron chi connectivity index (χ1n) is 11.4. The lowest BCUT2D eigenvalue weighted by atomic mass is 10.00. The van der Waals surface area contributed by atoms with Crippen molar-refractivity contribution in [3.05, 3.63) is 92.6 Å². The van der Waals surface area contributed by atoms with Crippen molar-refractivity contribution in [1.29, 1.82) is 0 Å². The number of nitrogens with one attached hydrogen (secondary N) is 1. The van der Waals surface area contributed by atoms with E-state index in [9.17, 15) is 4.79 Å². The maximum Gasteiger partial charge on any atom is 0.220 e. The number of thiophene rings is 1. The number of hydrogen-bond acceptors (Lipinski definition) is 6. The number of hydrogen-bond donors (Lipinski definition) is 1. The average Bonchev–Trinajstić information content (AvgIpc) is 3.33. The zero-order valence-electron chi connectivity index (χ0n) is 19.7. The largest absolute Gasteiger partial charge is 0.353 e. The monoisotopic (exact) mass is 504 g/mol. The quantitative estimate of drug-likeness (QED) is 0.403. The number of amides is 1. The lowest BCUT2D eigenvalue weighted by Crippen LogP contribution is -2.29. The lowest BCUT2D eigenvalue weighted by molar-refractivity contribution is -0.121. The first-order valence-corrected chi connectivity index (χ1v) is 12.6. The highest BCUT2D eigenvalue weighted by Gasteiger charge is 2.31. The molecule has 1 aliphatic heterocycles. The SMILES string of the molecule is Cc1sc2c(c1C)C(c1ccc(Cl)cc1)=NC(CNC(=O)CCc1cccnc1)c1nnc(C)n1-2. The van der Waals surface area contributed by atoms with Crippen LogP contribution in [0, 0.1) is 20.8 Å². The number of rotatable bonds is 6. The van der Waals surface area contributed by atoms with Crippen LogP contribution < -0.4 is 5.32 Å². The third kappa shape index (κ3) is 4.63. The summed E-state index contributed by atoms with van der Waals surface area (Å²) in [5, 5.41) is 13.6. The van der Waals surface area contributed by atoms with Crippen molar-refractivity contribution in [2.24, 2.45) is 4.99 Å². The minimum atomic E-state index is -0.386. The third-order valence-corrected chi connectivity index (χ3v) is 7.66. The molecular formula is C26H25ClN6OS. The van der Waals surface area contributed by atoms with Crippen molar-refractivity contribution >= 4 is 34.6 Å². The van der Waals surface area contributed by atoms with Crippen LogP contribution in [0.1, 0.15) is 51.2 Å². The predicted octanol–water partition coefficient (Wildman–Crippen LogP) is 4.94. The van der Waals surface area contributed by atoms with E-state index in [1.807, 2.05) is 43.3 Å². The number of fused-ring (bicyclic) bond motifs is 3. The Hall–Kier alpha value is -3.36. The number of carbonyl (C=O) groups excluding carboxylic acids is 1. The molecule has 0 bridgehead atoms. The maximum atomic E-state index is 12.7. The number of nitrogens with zero attached hydrogens (tertiary/aromatic N) is 5. The Bertz CT molecular complexity index is 1410. The summed E-state index contributed by atoms with van der Waals surface area (Å²) in [6, 6.07) is 11.2. The van der Waals surface area contributed by atoms with Gasteiger partial charge in [-0.2, -0.15) is 0 Å². The van der Waals surface area contributed by atoms with Crippen molar-refractivity contribution in [3.63, 3.8) is 0 Å². The van der Waals surface area contributed by atoms with Crippen molar-refractivity contribution < 1.29 is 4.79 Å². The summed E-state index contributed by atoms with van der Waals surface area (Å²) < 4.78 is 2.08. The molecular weight excluding hydrogens is 480 g/mol. The molecule has 9 heteroatoms. The second-order valence-corrected chi connectivity index (χ2v) is 10.2. The zero-order valence-corrected chi connectivity index (χ0v) is 21.3. The van der Waals surface area contributed by atoms with E-state index in [1.165, 1.54) is 10.4 Å². The van der Waals surface area contributed by atoms with E-state index in [0.717, 1.165) is 39.1 Å². The average molecular weight is 505 g/mol. The van der Waals surface area contributed by atoms with Gasteiger partial charge in [-0.25, -0.2) is 0 Å². The van der Waals surface area contributed by atoms with Gasteiger partial charge in [0.15, 0.2) is 5.82 Å². The van der Waals surface area contributed by atoms with Crippen LogP contribution in [0.15, 0.2) is 53.8 Å². The van der Waals surface area contributed by atoms with E-state index in [2.05, 4.69) is 38.9 Å². The molecule has 0 saturated carbocycles. The number of aromatic nitrogens is 4. The summed E-state index contributed by atoms with van der Waals surface area (Å²) in [6.07, 6.45) is 4.53. The molecule has 1 aromatic carbocycles. The molecule has 1 unspecified atom stereocenters. The van der Waals surface area contributed by atoms with Crippen LogP contribution in [0.3, 0.4) is 0 Å². The molecule has 1 aliphatic rings. The summed E-state index contributed by atoms with van der Waals surface area (Å²) >= 11 is 7.88. The Kier molecular flexibility index (Phi) is 6.49. The van der Waals surface area contributed by atoms with Crippen molar-refractivity contribution in [3.8, 4) is 5.00 Å². The van der Waals surface area contributed by atoms with Gasteiger partial charge in [-0.3, -0.25) is 19.3 Å². The van der Waals surface area contributed by atoms with Gasteiger partial charge >= 0.3 is 0 Å². The van der Waals surface area contributed by atoms with Crippen LogP contribution in [0.25, 0.3) is 5.00 Å². The summed E-state index contributed by atoms with van der Waals surface area (Å²) in [4.78, 5) is 23.2. The Labute approximate surface area is 212 Å². The Morgan fingerprint density at radius 3 is 2.69 bits per heavy atom. The fraction of sp³-hybridized carbons (Fsp3) is 0.269. The van der Waals surface area contributed by atoms with E-state index in [-0.39, 0.29) is 11.9 Å². The second kappa shape index (κ2) is 9.71. The summed E-state index contributed by atoms with van der Waals surface area (Å²) in [5.41, 5.74) is 5.13. The van der Waals surface area contributed by atoms with Crippen molar-refractivity contribution in [1.82, 2.24) is 25.1 Å². The normalized spacial score (nSPS) is 14.6. The molecule has 1 atom stereocenters. The number of halogens is 1. The molecule has 35 heavy (non-hydrogen) atoms. The van der Waals surface area contributed by atoms with Crippen molar-refractivity contribution in [2.45, 2.75) is 39.7 Å². The van der Waals surface area contributed by atoms with E-state index >= 15 is 0 Å². The van der Waals surface area contributed by atoms with Gasteiger partial charge in [0.2, 0.25) is 5.91 Å². The van der Waals surface area contributed by atoms with Gasteiger partial charge in [-0.15, -0.1) is 21.5 Å². The highest BCUT2D eigenvalue weighted by atomic mass is 35.5. The molecule has 1 amide bonds. The zero-order chi connectivity index (χ0) is 24.5. The van der Waals surface area contributed by atoms with E-state index in [4.69, 9.17) is 16.6 Å². The number of carbonyl (C=O) groups is 1. The Morgan fingerprint density at radius 1 is 1.14 bits per heavy atom. The van der Waals surface area contributed by atoms with Crippen LogP contribution in [0.5, 0.6) is 0 Å². The first-order chi connectivity index (χ1) is 16.9. The molecule has 0 saturated heterocycles. The minimum absolute atomic E-state index is 0.0362. The molecule has 3 aromatic heterocycles. The molecule has 4 aromatic rings. The minimum Gasteiger partial charge on any atom is -0.353 e. The highest BCUT2D eigenvalue weighted by molar-refractivity contribution is 7.15. The van der Waals surface area contributed by atoms with Crippen LogP contribution >= 0.6 is 22.9 Å². The third-order valence-electron chi connectivity index (χ3n) is 6.21. The summed E-state index contributed by atoms with van der Waals surface area (Å²) in [5.74, 6) is 1.48. The molecule has 0 spiro atoms. The van der Waals surface area contributed by atoms with Crippen LogP contribution in [-0.2, 0) is 11.2 Å². The summed E-state index contributed by atoms with van der Waals surface area (Å²) in [6.45, 7) is 6.51. The lowest BCUT2D eigenvalue weighted by Gasteiger charge is -2.14. The molecule has 0 fully saturated rings. The molecule has 7 nitrogen and oxygen atoms in total. The smallest absolute Gasteiger partial charge is 0.220 e. The second-order valence-electron chi connectivity index (χ2n) is 8.57. The number of benzene rings is 1. The van der Waals surface area contributed by atoms with E-state index < -0.39 is 0 Å². The molecule has 178 valence electrons. The molecule has 0 aliphatic carbocycles. The molecule has 5 rings (SSSR count). The Morgan fingerprint density at radius 2 is 1.94 bits per heavy atom. The van der Waals surface area contributed by atoms with Crippen LogP contribution in [-0.4, -0.2) is 37.9 Å². The van der Waals surface area contributed by atoms with Gasteiger partial charge in [0.1, 0.15) is 16.9 Å². The van der Waals surface area contributed by atoms with Gasteiger partial charge in [0.05, 0.1) is 5.71 Å². The van der Waals surface area contributed by atoms with Gasteiger partial charge < -0.3 is 5.32 Å². The maximum absolute atomic E-state index is 12.7. The fourth-order valence-electron chi connectivity index (χ4n) is 4.24. The van der Waals surface area contributed by atoms with Gasteiger partial charge in [0, 0.05) is 46.4 Å². The van der Waals surface area contributed by atoms with Gasteiger partial charge in [0.25, 0.3) is 0 Å². The fourth-order valence-corrected chi connectivity index (χ4v) is 5.58. The number of aliphatic imine (C=N–C) groups is 1. The van der Waals surface area contributed by atoms with Gasteiger partial charge in [-0.1, -0.05) is 29.8 Å². The number of pyridine rings is 1. The van der Waals surface area contributed by atoms with Gasteiger partial charge in [-0.05, 0) is 56.5 Å². The molecule has 4 heterocycles.